The van der Waals surface area contributed by atoms with Crippen molar-refractivity contribution in [1.82, 2.24) is 21.3 Å². The fourth-order valence-electron chi connectivity index (χ4n) is 3.48. The van der Waals surface area contributed by atoms with Crippen LogP contribution in [0.1, 0.15) is 38.8 Å². The van der Waals surface area contributed by atoms with Gasteiger partial charge in [-0.1, -0.05) is 67.2 Å². The number of carbonyl (C=O) groups excluding carboxylic acids is 4. The van der Waals surface area contributed by atoms with E-state index in [-0.39, 0.29) is 31.8 Å². The maximum atomic E-state index is 13.4. The molecule has 2 aromatic carbocycles. The van der Waals surface area contributed by atoms with Gasteiger partial charge in [-0.2, -0.15) is 0 Å². The van der Waals surface area contributed by atoms with Gasteiger partial charge in [-0.25, -0.2) is 4.79 Å². The molecule has 2 unspecified atom stereocenters. The van der Waals surface area contributed by atoms with Gasteiger partial charge < -0.3 is 26.0 Å². The van der Waals surface area contributed by atoms with Crippen LogP contribution in [0.3, 0.4) is 0 Å². The smallest absolute Gasteiger partial charge is 0.408 e. The van der Waals surface area contributed by atoms with E-state index in [2.05, 4.69) is 27.8 Å². The average molecular weight is 523 g/mol. The first-order valence-corrected chi connectivity index (χ1v) is 12.5. The summed E-state index contributed by atoms with van der Waals surface area (Å²) in [4.78, 5) is 50.7. The minimum absolute atomic E-state index is 0.169. The molecule has 0 radical (unpaired) electrons. The first-order valence-electron chi connectivity index (χ1n) is 12.5. The van der Waals surface area contributed by atoms with Gasteiger partial charge in [0.1, 0.15) is 17.7 Å². The first-order chi connectivity index (χ1) is 17.9. The zero-order valence-corrected chi connectivity index (χ0v) is 22.5. The second-order valence-electron chi connectivity index (χ2n) is 9.97. The van der Waals surface area contributed by atoms with Crippen LogP contribution in [-0.2, 0) is 32.0 Å². The Balaban J connectivity index is 2.16. The van der Waals surface area contributed by atoms with Gasteiger partial charge in [0, 0.05) is 31.5 Å². The number of rotatable bonds is 12. The number of hydrogen-bond donors (Lipinski definition) is 4. The molecule has 0 saturated heterocycles. The average Bonchev–Trinajstić information content (AvgIpc) is 2.85. The predicted octanol–water partition coefficient (Wildman–Crippen LogP) is 2.66. The van der Waals surface area contributed by atoms with E-state index < -0.39 is 35.6 Å². The van der Waals surface area contributed by atoms with Gasteiger partial charge in [0.2, 0.25) is 17.7 Å². The second kappa shape index (κ2) is 14.6. The number of amides is 4. The normalized spacial score (nSPS) is 12.4. The summed E-state index contributed by atoms with van der Waals surface area (Å²) in [7, 11) is 0. The lowest BCUT2D eigenvalue weighted by Crippen LogP contribution is -2.56. The minimum atomic E-state index is -0.979. The number of carbonyl (C=O) groups is 4. The van der Waals surface area contributed by atoms with Crippen molar-refractivity contribution in [3.8, 4) is 0 Å². The van der Waals surface area contributed by atoms with Crippen molar-refractivity contribution in [3.63, 3.8) is 0 Å². The number of ether oxygens (including phenoxy) is 1. The van der Waals surface area contributed by atoms with Crippen molar-refractivity contribution in [3.05, 3.63) is 83.9 Å². The summed E-state index contributed by atoms with van der Waals surface area (Å²) in [6.45, 7) is 10.8. The van der Waals surface area contributed by atoms with E-state index in [9.17, 15) is 19.2 Å². The Hall–Kier alpha value is -4.14. The third-order valence-corrected chi connectivity index (χ3v) is 5.30. The predicted molar refractivity (Wildman–Crippen MR) is 146 cm³/mol. The molecule has 38 heavy (non-hydrogen) atoms. The molecule has 0 aliphatic rings. The molecule has 4 N–H and O–H groups in total. The summed E-state index contributed by atoms with van der Waals surface area (Å²) in [5.74, 6) is -1.24. The van der Waals surface area contributed by atoms with Gasteiger partial charge in [0.05, 0.1) is 0 Å². The Bertz CT molecular complexity index is 1100. The van der Waals surface area contributed by atoms with E-state index in [1.165, 1.54) is 0 Å². The van der Waals surface area contributed by atoms with E-state index >= 15 is 0 Å². The van der Waals surface area contributed by atoms with Gasteiger partial charge in [-0.3, -0.25) is 14.4 Å². The van der Waals surface area contributed by atoms with Crippen molar-refractivity contribution in [1.29, 1.82) is 0 Å². The molecule has 2 atom stereocenters. The van der Waals surface area contributed by atoms with E-state index in [0.29, 0.717) is 5.57 Å². The molecule has 2 aromatic rings. The van der Waals surface area contributed by atoms with Gasteiger partial charge >= 0.3 is 6.09 Å². The van der Waals surface area contributed by atoms with Crippen molar-refractivity contribution >= 4 is 23.8 Å². The number of benzene rings is 2. The van der Waals surface area contributed by atoms with Crippen molar-refractivity contribution in [2.75, 3.05) is 13.1 Å². The van der Waals surface area contributed by atoms with E-state index in [1.807, 2.05) is 60.7 Å². The lowest BCUT2D eigenvalue weighted by Gasteiger charge is -2.25. The van der Waals surface area contributed by atoms with Crippen LogP contribution < -0.4 is 21.3 Å². The largest absolute Gasteiger partial charge is 0.444 e. The lowest BCUT2D eigenvalue weighted by molar-refractivity contribution is -0.130. The zero-order chi connectivity index (χ0) is 28.1. The number of nitrogens with one attached hydrogen (secondary N) is 4. The van der Waals surface area contributed by atoms with E-state index in [1.54, 1.807) is 27.7 Å². The molecule has 4 amide bonds. The SMILES string of the molecule is C=C(C)C(=O)NCCNC(=O)C(Cc1ccccc1)NC(=O)C(Cc1ccccc1)NC(=O)OC(C)(C)C. The topological polar surface area (TPSA) is 126 Å². The summed E-state index contributed by atoms with van der Waals surface area (Å²) < 4.78 is 5.36. The molecule has 0 saturated carbocycles. The fourth-order valence-corrected chi connectivity index (χ4v) is 3.48. The van der Waals surface area contributed by atoms with Gasteiger partial charge in [-0.05, 0) is 38.8 Å². The highest BCUT2D eigenvalue weighted by Gasteiger charge is 2.29. The molecule has 9 heteroatoms. The van der Waals surface area contributed by atoms with Crippen LogP contribution in [0, 0.1) is 0 Å². The zero-order valence-electron chi connectivity index (χ0n) is 22.5. The molecule has 0 aromatic heterocycles. The fraction of sp³-hybridized carbons (Fsp3) is 0.379. The summed E-state index contributed by atoms with van der Waals surface area (Å²) in [5, 5.41) is 10.8. The molecule has 2 rings (SSSR count). The first kappa shape index (κ1) is 30.1. The minimum Gasteiger partial charge on any atom is -0.444 e. The highest BCUT2D eigenvalue weighted by atomic mass is 16.6. The molecule has 9 nitrogen and oxygen atoms in total. The van der Waals surface area contributed by atoms with E-state index in [4.69, 9.17) is 4.74 Å². The summed E-state index contributed by atoms with van der Waals surface area (Å²) >= 11 is 0. The van der Waals surface area contributed by atoms with Crippen molar-refractivity contribution in [2.24, 2.45) is 0 Å². The summed E-state index contributed by atoms with van der Waals surface area (Å²) in [6, 6.07) is 16.6. The van der Waals surface area contributed by atoms with E-state index in [0.717, 1.165) is 11.1 Å². The Morgan fingerprint density at radius 2 is 1.24 bits per heavy atom. The van der Waals surface area contributed by atoms with Crippen LogP contribution in [0.2, 0.25) is 0 Å². The molecule has 0 fully saturated rings. The third-order valence-electron chi connectivity index (χ3n) is 5.30. The Morgan fingerprint density at radius 3 is 1.71 bits per heavy atom. The maximum Gasteiger partial charge on any atom is 0.408 e. The monoisotopic (exact) mass is 522 g/mol. The van der Waals surface area contributed by atoms with Crippen LogP contribution in [-0.4, -0.2) is 54.6 Å². The van der Waals surface area contributed by atoms with Gasteiger partial charge in [0.25, 0.3) is 0 Å². The number of alkyl carbamates (subject to hydrolysis) is 1. The highest BCUT2D eigenvalue weighted by Crippen LogP contribution is 2.10. The van der Waals surface area contributed by atoms with Crippen LogP contribution in [0.15, 0.2) is 72.8 Å². The summed E-state index contributed by atoms with van der Waals surface area (Å²) in [5.41, 5.74) is 1.31. The van der Waals surface area contributed by atoms with Crippen molar-refractivity contribution < 1.29 is 23.9 Å². The maximum absolute atomic E-state index is 13.4. The Morgan fingerprint density at radius 1 is 0.763 bits per heavy atom. The quantitative estimate of drug-likeness (QED) is 0.252. The number of hydrogen-bond acceptors (Lipinski definition) is 5. The highest BCUT2D eigenvalue weighted by molar-refractivity contribution is 5.92. The molecular weight excluding hydrogens is 484 g/mol. The molecule has 0 aliphatic carbocycles. The van der Waals surface area contributed by atoms with Crippen LogP contribution in [0.5, 0.6) is 0 Å². The van der Waals surface area contributed by atoms with Crippen LogP contribution in [0.25, 0.3) is 0 Å². The molecular formula is C29H38N4O5. The van der Waals surface area contributed by atoms with Gasteiger partial charge in [0.15, 0.2) is 0 Å². The lowest BCUT2D eigenvalue weighted by atomic mass is 10.0. The second-order valence-corrected chi connectivity index (χ2v) is 9.97. The van der Waals surface area contributed by atoms with Crippen LogP contribution >= 0.6 is 0 Å². The van der Waals surface area contributed by atoms with Crippen LogP contribution in [0.4, 0.5) is 4.79 Å². The third kappa shape index (κ3) is 11.3. The molecule has 204 valence electrons. The molecule has 0 heterocycles. The summed E-state index contributed by atoms with van der Waals surface area (Å²) in [6.07, 6.45) is -0.287. The Kier molecular flexibility index (Phi) is 11.5. The van der Waals surface area contributed by atoms with Gasteiger partial charge in [-0.15, -0.1) is 0 Å². The molecule has 0 spiro atoms. The Labute approximate surface area is 224 Å². The molecule has 0 bridgehead atoms. The van der Waals surface area contributed by atoms with Crippen molar-refractivity contribution in [2.45, 2.75) is 58.2 Å². The molecule has 0 aliphatic heterocycles. The standard InChI is InChI=1S/C29H38N4O5/c1-20(2)25(34)30-16-17-31-26(35)23(18-21-12-8-6-9-13-21)32-27(36)24(19-22-14-10-7-11-15-22)33-28(37)38-29(3,4)5/h6-15,23-24H,1,16-19H2,2-5H3,(H,30,34)(H,31,35)(H,32,36)(H,33,37).